The van der Waals surface area contributed by atoms with Crippen molar-refractivity contribution in [2.75, 3.05) is 0 Å². The van der Waals surface area contributed by atoms with E-state index in [9.17, 15) is 22.8 Å². The lowest BCUT2D eigenvalue weighted by Gasteiger charge is -2.13. The smallest absolute Gasteiger partial charge is 0.451 e. The summed E-state index contributed by atoms with van der Waals surface area (Å²) in [5.74, 6) is -1.08. The van der Waals surface area contributed by atoms with Crippen molar-refractivity contribution in [3.8, 4) is 5.75 Å². The average Bonchev–Trinajstić information content (AvgIpc) is 2.61. The fourth-order valence-corrected chi connectivity index (χ4v) is 2.37. The number of rotatable bonds is 4. The molecular weight excluding hydrogens is 365 g/mol. The number of hydrogen-bond donors (Lipinski definition) is 1. The highest BCUT2D eigenvalue weighted by molar-refractivity contribution is 5.89. The van der Waals surface area contributed by atoms with Crippen molar-refractivity contribution in [3.63, 3.8) is 0 Å². The number of ether oxygens (including phenoxy) is 2. The molecule has 0 saturated heterocycles. The van der Waals surface area contributed by atoms with Gasteiger partial charge in [0, 0.05) is 0 Å². The van der Waals surface area contributed by atoms with Crippen LogP contribution in [0.4, 0.5) is 13.2 Å². The number of aromatic nitrogens is 2. The fourth-order valence-electron chi connectivity index (χ4n) is 2.37. The van der Waals surface area contributed by atoms with Gasteiger partial charge in [-0.2, -0.15) is 0 Å². The Balaban J connectivity index is 1.75. The van der Waals surface area contributed by atoms with Crippen LogP contribution in [-0.2, 0) is 4.74 Å². The Hall–Kier alpha value is -3.36. The molecule has 140 valence electrons. The second-order valence-electron chi connectivity index (χ2n) is 5.59. The first-order valence-electron chi connectivity index (χ1n) is 7.79. The van der Waals surface area contributed by atoms with Crippen molar-refractivity contribution in [2.45, 2.75) is 19.4 Å². The van der Waals surface area contributed by atoms with E-state index in [1.54, 1.807) is 24.3 Å². The van der Waals surface area contributed by atoms with Crippen molar-refractivity contribution in [3.05, 3.63) is 70.3 Å². The number of hydrogen-bond acceptors (Lipinski definition) is 5. The van der Waals surface area contributed by atoms with E-state index in [4.69, 9.17) is 4.74 Å². The van der Waals surface area contributed by atoms with Gasteiger partial charge in [-0.3, -0.25) is 4.79 Å². The van der Waals surface area contributed by atoms with Gasteiger partial charge in [-0.15, -0.1) is 13.2 Å². The number of H-pyrrole nitrogens is 1. The highest BCUT2D eigenvalue weighted by Gasteiger charge is 2.31. The highest BCUT2D eigenvalue weighted by atomic mass is 19.4. The number of benzene rings is 2. The lowest BCUT2D eigenvalue weighted by Crippen LogP contribution is -2.18. The normalized spacial score (nSPS) is 12.6. The van der Waals surface area contributed by atoms with Gasteiger partial charge in [0.05, 0.1) is 16.5 Å². The third-order valence-electron chi connectivity index (χ3n) is 3.62. The zero-order valence-corrected chi connectivity index (χ0v) is 13.9. The number of esters is 1. The summed E-state index contributed by atoms with van der Waals surface area (Å²) in [6.45, 7) is 1.52. The molecule has 27 heavy (non-hydrogen) atoms. The molecule has 0 aliphatic carbocycles. The van der Waals surface area contributed by atoms with Crippen LogP contribution in [0.3, 0.4) is 0 Å². The van der Waals surface area contributed by atoms with Crippen LogP contribution >= 0.6 is 0 Å². The molecule has 0 amide bonds. The van der Waals surface area contributed by atoms with Gasteiger partial charge in [0.25, 0.3) is 5.56 Å². The van der Waals surface area contributed by atoms with Crippen LogP contribution in [0.5, 0.6) is 5.75 Å². The Labute approximate surface area is 150 Å². The van der Waals surface area contributed by atoms with Crippen molar-refractivity contribution >= 4 is 16.9 Å². The minimum absolute atomic E-state index is 0.0273. The standard InChI is InChI=1S/C18H13F3N2O4/c1-10(15-22-14-5-3-2-4-13(14)16(24)23-15)26-17(25)11-6-8-12(9-7-11)27-18(19,20)21/h2-10H,1H3,(H,22,23,24)/t10-/m0/s1. The van der Waals surface area contributed by atoms with E-state index < -0.39 is 24.2 Å². The largest absolute Gasteiger partial charge is 0.573 e. The summed E-state index contributed by atoms with van der Waals surface area (Å²) in [4.78, 5) is 31.1. The SMILES string of the molecule is C[C@H](OC(=O)c1ccc(OC(F)(F)F)cc1)c1nc2ccccc2c(=O)[nH]1. The number of nitrogens with zero attached hydrogens (tertiary/aromatic N) is 1. The Bertz CT molecular complexity index is 1030. The number of fused-ring (bicyclic) bond motifs is 1. The van der Waals surface area contributed by atoms with Crippen molar-refractivity contribution in [1.29, 1.82) is 0 Å². The fraction of sp³-hybridized carbons (Fsp3) is 0.167. The molecule has 0 radical (unpaired) electrons. The van der Waals surface area contributed by atoms with E-state index in [1.165, 1.54) is 6.92 Å². The van der Waals surface area contributed by atoms with Gasteiger partial charge < -0.3 is 14.5 Å². The van der Waals surface area contributed by atoms with Gasteiger partial charge >= 0.3 is 12.3 Å². The van der Waals surface area contributed by atoms with Crippen LogP contribution in [0.1, 0.15) is 29.2 Å². The monoisotopic (exact) mass is 378 g/mol. The van der Waals surface area contributed by atoms with Gasteiger partial charge in [0.15, 0.2) is 11.9 Å². The number of halogens is 3. The van der Waals surface area contributed by atoms with Crippen LogP contribution in [0.15, 0.2) is 53.3 Å². The average molecular weight is 378 g/mol. The van der Waals surface area contributed by atoms with Gasteiger partial charge in [0.2, 0.25) is 0 Å². The van der Waals surface area contributed by atoms with Crippen molar-refractivity contribution in [2.24, 2.45) is 0 Å². The van der Waals surface area contributed by atoms with Crippen LogP contribution < -0.4 is 10.3 Å². The zero-order valence-electron chi connectivity index (χ0n) is 13.9. The predicted molar refractivity (Wildman–Crippen MR) is 89.3 cm³/mol. The molecule has 1 N–H and O–H groups in total. The van der Waals surface area contributed by atoms with Gasteiger partial charge in [-0.1, -0.05) is 12.1 Å². The Kier molecular flexibility index (Phi) is 4.85. The van der Waals surface area contributed by atoms with E-state index in [2.05, 4.69) is 14.7 Å². The summed E-state index contributed by atoms with van der Waals surface area (Å²) in [5, 5.41) is 0.403. The number of aromatic amines is 1. The van der Waals surface area contributed by atoms with Gasteiger partial charge in [-0.05, 0) is 43.3 Å². The summed E-state index contributed by atoms with van der Waals surface area (Å²) in [7, 11) is 0. The van der Waals surface area contributed by atoms with E-state index in [0.29, 0.717) is 10.9 Å². The molecule has 0 saturated carbocycles. The molecule has 9 heteroatoms. The van der Waals surface area contributed by atoms with Gasteiger partial charge in [-0.25, -0.2) is 9.78 Å². The maximum Gasteiger partial charge on any atom is 0.573 e. The summed E-state index contributed by atoms with van der Waals surface area (Å²) in [6.07, 6.45) is -5.69. The second-order valence-corrected chi connectivity index (χ2v) is 5.59. The summed E-state index contributed by atoms with van der Waals surface area (Å²) < 4.78 is 45.4. The van der Waals surface area contributed by atoms with Crippen LogP contribution in [0.25, 0.3) is 10.9 Å². The molecule has 0 aliphatic rings. The number of carbonyl (C=O) groups excluding carboxylic acids is 1. The number of nitrogens with one attached hydrogen (secondary N) is 1. The molecular formula is C18H13F3N2O4. The molecule has 1 atom stereocenters. The molecule has 0 unspecified atom stereocenters. The third kappa shape index (κ3) is 4.43. The van der Waals surface area contributed by atoms with Gasteiger partial charge in [0.1, 0.15) is 5.75 Å². The first-order valence-corrected chi connectivity index (χ1v) is 7.79. The van der Waals surface area contributed by atoms with E-state index in [0.717, 1.165) is 24.3 Å². The highest BCUT2D eigenvalue weighted by Crippen LogP contribution is 2.23. The number of alkyl halides is 3. The third-order valence-corrected chi connectivity index (χ3v) is 3.62. The molecule has 1 heterocycles. The van der Waals surface area contributed by atoms with Crippen LogP contribution in [0.2, 0.25) is 0 Å². The molecule has 0 fully saturated rings. The summed E-state index contributed by atoms with van der Waals surface area (Å²) in [5.41, 5.74) is 0.111. The summed E-state index contributed by atoms with van der Waals surface area (Å²) in [6, 6.07) is 11.0. The topological polar surface area (TPSA) is 81.3 Å². The van der Waals surface area contributed by atoms with Crippen LogP contribution in [0, 0.1) is 0 Å². The first kappa shape index (κ1) is 18.4. The van der Waals surface area contributed by atoms with E-state index >= 15 is 0 Å². The lowest BCUT2D eigenvalue weighted by molar-refractivity contribution is -0.274. The van der Waals surface area contributed by atoms with E-state index in [-0.39, 0.29) is 16.9 Å². The summed E-state index contributed by atoms with van der Waals surface area (Å²) >= 11 is 0. The van der Waals surface area contributed by atoms with E-state index in [1.807, 2.05) is 0 Å². The second kappa shape index (κ2) is 7.10. The molecule has 3 aromatic rings. The molecule has 0 aliphatic heterocycles. The lowest BCUT2D eigenvalue weighted by atomic mass is 10.2. The Morgan fingerprint density at radius 2 is 1.78 bits per heavy atom. The molecule has 0 bridgehead atoms. The number of carbonyl (C=O) groups is 1. The zero-order chi connectivity index (χ0) is 19.6. The molecule has 2 aromatic carbocycles. The first-order chi connectivity index (χ1) is 12.7. The van der Waals surface area contributed by atoms with Crippen molar-refractivity contribution < 1.29 is 27.4 Å². The maximum absolute atomic E-state index is 12.2. The predicted octanol–water partition coefficient (Wildman–Crippen LogP) is 3.74. The van der Waals surface area contributed by atoms with Crippen LogP contribution in [-0.4, -0.2) is 22.3 Å². The maximum atomic E-state index is 12.2. The minimum Gasteiger partial charge on any atom is -0.451 e. The molecule has 1 aromatic heterocycles. The number of para-hydroxylation sites is 1. The molecule has 6 nitrogen and oxygen atoms in total. The molecule has 3 rings (SSSR count). The molecule has 0 spiro atoms. The minimum atomic E-state index is -4.82. The van der Waals surface area contributed by atoms with Crippen molar-refractivity contribution in [1.82, 2.24) is 9.97 Å². The quantitative estimate of drug-likeness (QED) is 0.700. The Morgan fingerprint density at radius 1 is 1.11 bits per heavy atom. The Morgan fingerprint density at radius 3 is 2.44 bits per heavy atom.